The summed E-state index contributed by atoms with van der Waals surface area (Å²) < 4.78 is 21.5. The van der Waals surface area contributed by atoms with Crippen molar-refractivity contribution in [2.24, 2.45) is 0 Å². The van der Waals surface area contributed by atoms with Crippen molar-refractivity contribution in [3.63, 3.8) is 0 Å². The van der Waals surface area contributed by atoms with Gasteiger partial charge in [0.1, 0.15) is 5.60 Å². The number of rotatable bonds is 4. The van der Waals surface area contributed by atoms with Gasteiger partial charge in [-0.2, -0.15) is 0 Å². The minimum atomic E-state index is -1.27. The first-order chi connectivity index (χ1) is 9.09. The summed E-state index contributed by atoms with van der Waals surface area (Å²) in [6.45, 7) is 2.89. The van der Waals surface area contributed by atoms with Gasteiger partial charge in [-0.05, 0) is 24.6 Å². The Morgan fingerprint density at radius 1 is 1.16 bits per heavy atom. The summed E-state index contributed by atoms with van der Waals surface area (Å²) >= 11 is 0. The smallest absolute Gasteiger partial charge is 0.189 e. The zero-order chi connectivity index (χ0) is 13.9. The van der Waals surface area contributed by atoms with Crippen LogP contribution in [0.5, 0.6) is 11.5 Å². The fourth-order valence-corrected chi connectivity index (χ4v) is 2.17. The molecule has 0 amide bonds. The molecule has 5 nitrogen and oxygen atoms in total. The maximum atomic E-state index is 10.6. The van der Waals surface area contributed by atoms with Crippen LogP contribution in [0, 0.1) is 0 Å². The molecule has 19 heavy (non-hydrogen) atoms. The van der Waals surface area contributed by atoms with E-state index in [0.29, 0.717) is 30.3 Å². The maximum Gasteiger partial charge on any atom is 0.189 e. The second-order valence-electron chi connectivity index (χ2n) is 4.66. The third-order valence-corrected chi connectivity index (χ3v) is 3.22. The SMILES string of the molecule is COC(OC)C(C)(O)c1ccc2c(c1)OCCCO2. The Bertz CT molecular complexity index is 426. The van der Waals surface area contributed by atoms with Crippen molar-refractivity contribution in [3.8, 4) is 11.5 Å². The monoisotopic (exact) mass is 268 g/mol. The molecule has 2 rings (SSSR count). The lowest BCUT2D eigenvalue weighted by Gasteiger charge is -2.31. The van der Waals surface area contributed by atoms with Gasteiger partial charge >= 0.3 is 0 Å². The quantitative estimate of drug-likeness (QED) is 0.842. The molecular weight excluding hydrogens is 248 g/mol. The molecule has 1 aliphatic heterocycles. The molecule has 106 valence electrons. The summed E-state index contributed by atoms with van der Waals surface area (Å²) in [6, 6.07) is 5.36. The first-order valence-corrected chi connectivity index (χ1v) is 6.27. The van der Waals surface area contributed by atoms with Crippen LogP contribution in [-0.4, -0.2) is 38.8 Å². The van der Waals surface area contributed by atoms with E-state index in [1.807, 2.05) is 0 Å². The highest BCUT2D eigenvalue weighted by molar-refractivity contribution is 5.45. The molecule has 5 heteroatoms. The van der Waals surface area contributed by atoms with Crippen molar-refractivity contribution in [1.82, 2.24) is 0 Å². The third kappa shape index (κ3) is 2.83. The Kier molecular flexibility index (Phi) is 4.29. The Hall–Kier alpha value is -1.30. The Balaban J connectivity index is 2.32. The van der Waals surface area contributed by atoms with Gasteiger partial charge < -0.3 is 24.1 Å². The number of aliphatic hydroxyl groups is 1. The molecule has 0 aromatic heterocycles. The molecule has 1 atom stereocenters. The predicted molar refractivity (Wildman–Crippen MR) is 69.4 cm³/mol. The van der Waals surface area contributed by atoms with E-state index in [1.54, 1.807) is 25.1 Å². The zero-order valence-corrected chi connectivity index (χ0v) is 11.5. The lowest BCUT2D eigenvalue weighted by atomic mass is 9.95. The van der Waals surface area contributed by atoms with Crippen LogP contribution < -0.4 is 9.47 Å². The van der Waals surface area contributed by atoms with Gasteiger partial charge in [-0.25, -0.2) is 0 Å². The van der Waals surface area contributed by atoms with Crippen LogP contribution in [0.3, 0.4) is 0 Å². The van der Waals surface area contributed by atoms with Crippen LogP contribution >= 0.6 is 0 Å². The van der Waals surface area contributed by atoms with E-state index in [4.69, 9.17) is 18.9 Å². The molecule has 0 fully saturated rings. The lowest BCUT2D eigenvalue weighted by Crippen LogP contribution is -2.39. The van der Waals surface area contributed by atoms with E-state index in [-0.39, 0.29) is 0 Å². The number of ether oxygens (including phenoxy) is 4. The second-order valence-corrected chi connectivity index (χ2v) is 4.66. The van der Waals surface area contributed by atoms with Gasteiger partial charge in [0, 0.05) is 20.6 Å². The van der Waals surface area contributed by atoms with E-state index >= 15 is 0 Å². The fourth-order valence-electron chi connectivity index (χ4n) is 2.17. The highest BCUT2D eigenvalue weighted by Gasteiger charge is 2.35. The Labute approximate surface area is 113 Å². The number of hydrogen-bond donors (Lipinski definition) is 1. The minimum absolute atomic E-state index is 0.608. The predicted octanol–water partition coefficient (Wildman–Crippen LogP) is 1.67. The van der Waals surface area contributed by atoms with Gasteiger partial charge in [-0.3, -0.25) is 0 Å². The summed E-state index contributed by atoms with van der Waals surface area (Å²) in [4.78, 5) is 0. The number of benzene rings is 1. The molecule has 1 heterocycles. The molecule has 1 aliphatic rings. The molecule has 1 aromatic carbocycles. The van der Waals surface area contributed by atoms with Crippen LogP contribution in [0.25, 0.3) is 0 Å². The van der Waals surface area contributed by atoms with Crippen molar-refractivity contribution >= 4 is 0 Å². The molecular formula is C14H20O5. The number of hydrogen-bond acceptors (Lipinski definition) is 5. The molecule has 0 radical (unpaired) electrons. The molecule has 1 aromatic rings. The van der Waals surface area contributed by atoms with Gasteiger partial charge in [-0.15, -0.1) is 0 Å². The van der Waals surface area contributed by atoms with Crippen LogP contribution in [-0.2, 0) is 15.1 Å². The maximum absolute atomic E-state index is 10.6. The standard InChI is InChI=1S/C14H20O5/c1-14(15,13(16-2)17-3)10-5-6-11-12(9-10)19-8-4-7-18-11/h5-6,9,13,15H,4,7-8H2,1-3H3. The van der Waals surface area contributed by atoms with Gasteiger partial charge in [-0.1, -0.05) is 6.07 Å². The summed E-state index contributed by atoms with van der Waals surface area (Å²) in [5.74, 6) is 1.34. The van der Waals surface area contributed by atoms with E-state index in [0.717, 1.165) is 6.42 Å². The third-order valence-electron chi connectivity index (χ3n) is 3.22. The topological polar surface area (TPSA) is 57.2 Å². The molecule has 0 spiro atoms. The normalized spacial score (nSPS) is 17.9. The summed E-state index contributed by atoms with van der Waals surface area (Å²) in [7, 11) is 2.98. The van der Waals surface area contributed by atoms with Gasteiger partial charge in [0.2, 0.25) is 0 Å². The average molecular weight is 268 g/mol. The van der Waals surface area contributed by atoms with Gasteiger partial charge in [0.15, 0.2) is 17.8 Å². The molecule has 0 saturated heterocycles. The summed E-state index contributed by atoms with van der Waals surface area (Å²) in [5, 5.41) is 10.6. The minimum Gasteiger partial charge on any atom is -0.490 e. The molecule has 0 saturated carbocycles. The van der Waals surface area contributed by atoms with Crippen LogP contribution in [0.2, 0.25) is 0 Å². The van der Waals surface area contributed by atoms with Crippen molar-refractivity contribution in [2.75, 3.05) is 27.4 Å². The highest BCUT2D eigenvalue weighted by atomic mass is 16.7. The van der Waals surface area contributed by atoms with Gasteiger partial charge in [0.25, 0.3) is 0 Å². The molecule has 1 unspecified atom stereocenters. The van der Waals surface area contributed by atoms with Crippen molar-refractivity contribution < 1.29 is 24.1 Å². The van der Waals surface area contributed by atoms with Crippen molar-refractivity contribution in [3.05, 3.63) is 23.8 Å². The molecule has 0 aliphatic carbocycles. The molecule has 1 N–H and O–H groups in total. The van der Waals surface area contributed by atoms with Crippen molar-refractivity contribution in [2.45, 2.75) is 25.2 Å². The van der Waals surface area contributed by atoms with Crippen LogP contribution in [0.1, 0.15) is 18.9 Å². The largest absolute Gasteiger partial charge is 0.490 e. The number of fused-ring (bicyclic) bond motifs is 1. The zero-order valence-electron chi connectivity index (χ0n) is 11.5. The fraction of sp³-hybridized carbons (Fsp3) is 0.571. The average Bonchev–Trinajstić information content (AvgIpc) is 2.64. The summed E-state index contributed by atoms with van der Waals surface area (Å²) in [6.07, 6.45) is 0.0939. The molecule has 0 bridgehead atoms. The van der Waals surface area contributed by atoms with Crippen LogP contribution in [0.4, 0.5) is 0 Å². The first kappa shape index (κ1) is 14.1. The van der Waals surface area contributed by atoms with E-state index in [1.165, 1.54) is 14.2 Å². The van der Waals surface area contributed by atoms with Crippen molar-refractivity contribution in [1.29, 1.82) is 0 Å². The first-order valence-electron chi connectivity index (χ1n) is 6.27. The van der Waals surface area contributed by atoms with E-state index in [2.05, 4.69) is 0 Å². The second kappa shape index (κ2) is 5.77. The Morgan fingerprint density at radius 2 is 1.79 bits per heavy atom. The highest BCUT2D eigenvalue weighted by Crippen LogP contribution is 2.35. The number of methoxy groups -OCH3 is 2. The van der Waals surface area contributed by atoms with Gasteiger partial charge in [0.05, 0.1) is 13.2 Å². The summed E-state index contributed by atoms with van der Waals surface area (Å²) in [5.41, 5.74) is -0.612. The van der Waals surface area contributed by atoms with E-state index < -0.39 is 11.9 Å². The lowest BCUT2D eigenvalue weighted by molar-refractivity contribution is -0.213. The van der Waals surface area contributed by atoms with Crippen LogP contribution in [0.15, 0.2) is 18.2 Å². The van der Waals surface area contributed by atoms with E-state index in [9.17, 15) is 5.11 Å². The Morgan fingerprint density at radius 3 is 2.42 bits per heavy atom.